The fraction of sp³-hybridized carbons (Fsp3) is 0.200. The zero-order chi connectivity index (χ0) is 19.5. The van der Waals surface area contributed by atoms with Gasteiger partial charge in [0.05, 0.1) is 18.1 Å². The number of nitrogens with zero attached hydrogens (tertiary/aromatic N) is 3. The Kier molecular flexibility index (Phi) is 4.86. The molecule has 0 aromatic heterocycles. The topological polar surface area (TPSA) is 94.3 Å². The van der Waals surface area contributed by atoms with Gasteiger partial charge >= 0.3 is 5.97 Å². The van der Waals surface area contributed by atoms with Crippen LogP contribution in [-0.2, 0) is 14.3 Å². The molecule has 0 radical (unpaired) electrons. The van der Waals surface area contributed by atoms with Crippen LogP contribution >= 0.6 is 0 Å². The first-order chi connectivity index (χ1) is 13.6. The van der Waals surface area contributed by atoms with Crippen molar-refractivity contribution in [3.8, 4) is 0 Å². The van der Waals surface area contributed by atoms with Crippen LogP contribution in [0.1, 0.15) is 11.1 Å². The maximum atomic E-state index is 12.1. The van der Waals surface area contributed by atoms with Gasteiger partial charge in [0.2, 0.25) is 5.90 Å². The largest absolute Gasteiger partial charge is 0.402 e. The lowest BCUT2D eigenvalue weighted by molar-refractivity contribution is -0.384. The number of esters is 1. The summed E-state index contributed by atoms with van der Waals surface area (Å²) < 4.78 is 10.5. The molecule has 0 unspecified atom stereocenters. The van der Waals surface area contributed by atoms with Gasteiger partial charge in [-0.25, -0.2) is 9.79 Å². The third kappa shape index (κ3) is 3.63. The van der Waals surface area contributed by atoms with Crippen molar-refractivity contribution in [2.75, 3.05) is 31.2 Å². The number of nitro groups is 1. The molecule has 2 heterocycles. The van der Waals surface area contributed by atoms with Crippen LogP contribution in [0, 0.1) is 10.1 Å². The minimum atomic E-state index is -0.584. The average Bonchev–Trinajstić information content (AvgIpc) is 3.09. The molecule has 2 aromatic rings. The number of hydrogen-bond donors (Lipinski definition) is 0. The molecule has 2 aliphatic rings. The SMILES string of the molecule is O=C1OC(c2ccccc2)=NC1=Cc1ccc(N2CCOCC2)c([N+](=O)[O-])c1. The lowest BCUT2D eigenvalue weighted by Gasteiger charge is -2.28. The quantitative estimate of drug-likeness (QED) is 0.351. The summed E-state index contributed by atoms with van der Waals surface area (Å²) in [4.78, 5) is 29.4. The van der Waals surface area contributed by atoms with E-state index in [9.17, 15) is 14.9 Å². The van der Waals surface area contributed by atoms with Crippen LogP contribution in [-0.4, -0.2) is 43.1 Å². The fourth-order valence-corrected chi connectivity index (χ4v) is 3.12. The highest BCUT2D eigenvalue weighted by atomic mass is 16.6. The Morgan fingerprint density at radius 3 is 2.57 bits per heavy atom. The van der Waals surface area contributed by atoms with Gasteiger partial charge in [0.1, 0.15) is 5.69 Å². The molecule has 0 N–H and O–H groups in total. The van der Waals surface area contributed by atoms with E-state index in [1.165, 1.54) is 12.1 Å². The molecule has 142 valence electrons. The van der Waals surface area contributed by atoms with E-state index in [4.69, 9.17) is 9.47 Å². The van der Waals surface area contributed by atoms with Crippen molar-refractivity contribution in [2.24, 2.45) is 4.99 Å². The molecule has 0 aliphatic carbocycles. The first-order valence-corrected chi connectivity index (χ1v) is 8.81. The van der Waals surface area contributed by atoms with E-state index in [0.717, 1.165) is 0 Å². The predicted octanol–water partition coefficient (Wildman–Crippen LogP) is 2.78. The van der Waals surface area contributed by atoms with Gasteiger partial charge in [-0.05, 0) is 29.8 Å². The number of carbonyl (C=O) groups excluding carboxylic acids is 1. The molecular weight excluding hydrogens is 362 g/mol. The Bertz CT molecular complexity index is 979. The minimum Gasteiger partial charge on any atom is -0.402 e. The molecule has 2 aromatic carbocycles. The molecule has 2 aliphatic heterocycles. The van der Waals surface area contributed by atoms with Crippen molar-refractivity contribution in [2.45, 2.75) is 0 Å². The maximum Gasteiger partial charge on any atom is 0.363 e. The van der Waals surface area contributed by atoms with Crippen molar-refractivity contribution in [3.63, 3.8) is 0 Å². The smallest absolute Gasteiger partial charge is 0.363 e. The zero-order valence-electron chi connectivity index (χ0n) is 14.9. The van der Waals surface area contributed by atoms with E-state index < -0.39 is 10.9 Å². The number of rotatable bonds is 4. The molecule has 0 bridgehead atoms. The van der Waals surface area contributed by atoms with Crippen LogP contribution in [0.25, 0.3) is 6.08 Å². The Labute approximate surface area is 160 Å². The molecule has 1 fully saturated rings. The van der Waals surface area contributed by atoms with Crippen molar-refractivity contribution in [3.05, 3.63) is 75.5 Å². The Morgan fingerprint density at radius 2 is 1.86 bits per heavy atom. The summed E-state index contributed by atoms with van der Waals surface area (Å²) in [5.74, 6) is -0.366. The molecule has 0 atom stereocenters. The number of benzene rings is 2. The molecule has 8 nitrogen and oxygen atoms in total. The van der Waals surface area contributed by atoms with Gasteiger partial charge in [-0.3, -0.25) is 10.1 Å². The standard InChI is InChI=1S/C20H17N3O5/c24-20-16(21-19(28-20)15-4-2-1-3-5-15)12-14-6-7-17(18(13-14)23(25)26)22-8-10-27-11-9-22/h1-7,12-13H,8-11H2. The molecule has 8 heteroatoms. The fourth-order valence-electron chi connectivity index (χ4n) is 3.12. The van der Waals surface area contributed by atoms with Gasteiger partial charge in [0.25, 0.3) is 5.69 Å². The Hall–Kier alpha value is -3.52. The van der Waals surface area contributed by atoms with E-state index in [2.05, 4.69) is 4.99 Å². The number of nitro benzene ring substituents is 1. The second-order valence-corrected chi connectivity index (χ2v) is 6.31. The second kappa shape index (κ2) is 7.61. The van der Waals surface area contributed by atoms with Crippen LogP contribution in [0.2, 0.25) is 0 Å². The monoisotopic (exact) mass is 379 g/mol. The van der Waals surface area contributed by atoms with Crippen LogP contribution in [0.15, 0.2) is 59.2 Å². The van der Waals surface area contributed by atoms with E-state index >= 15 is 0 Å². The van der Waals surface area contributed by atoms with Crippen molar-refractivity contribution in [1.29, 1.82) is 0 Å². The zero-order valence-corrected chi connectivity index (χ0v) is 14.9. The molecule has 4 rings (SSSR count). The van der Waals surface area contributed by atoms with E-state index in [0.29, 0.717) is 43.1 Å². The maximum absolute atomic E-state index is 12.1. The van der Waals surface area contributed by atoms with E-state index in [1.54, 1.807) is 24.3 Å². The van der Waals surface area contributed by atoms with Crippen LogP contribution in [0.4, 0.5) is 11.4 Å². The van der Waals surface area contributed by atoms with Gasteiger partial charge in [-0.15, -0.1) is 0 Å². The first kappa shape index (κ1) is 17.9. The van der Waals surface area contributed by atoms with E-state index in [1.807, 2.05) is 23.1 Å². The molecule has 1 saturated heterocycles. The predicted molar refractivity (Wildman–Crippen MR) is 103 cm³/mol. The van der Waals surface area contributed by atoms with Crippen LogP contribution in [0.5, 0.6) is 0 Å². The van der Waals surface area contributed by atoms with Gasteiger partial charge < -0.3 is 14.4 Å². The average molecular weight is 379 g/mol. The van der Waals surface area contributed by atoms with E-state index in [-0.39, 0.29) is 17.3 Å². The Balaban J connectivity index is 1.65. The summed E-state index contributed by atoms with van der Waals surface area (Å²) in [5, 5.41) is 11.6. The van der Waals surface area contributed by atoms with Gasteiger partial charge in [-0.1, -0.05) is 24.3 Å². The number of anilines is 1. The highest BCUT2D eigenvalue weighted by Gasteiger charge is 2.25. The molecule has 0 saturated carbocycles. The highest BCUT2D eigenvalue weighted by Crippen LogP contribution is 2.31. The highest BCUT2D eigenvalue weighted by molar-refractivity contribution is 6.12. The summed E-state index contributed by atoms with van der Waals surface area (Å²) >= 11 is 0. The second-order valence-electron chi connectivity index (χ2n) is 6.31. The molecule has 28 heavy (non-hydrogen) atoms. The number of ether oxygens (including phenoxy) is 2. The summed E-state index contributed by atoms with van der Waals surface area (Å²) in [6.45, 7) is 2.26. The molecular formula is C20H17N3O5. The lowest BCUT2D eigenvalue weighted by Crippen LogP contribution is -2.36. The molecule has 0 spiro atoms. The summed E-state index contributed by atoms with van der Waals surface area (Å²) in [6, 6.07) is 13.9. The van der Waals surface area contributed by atoms with Crippen molar-refractivity contribution < 1.29 is 19.2 Å². The number of carbonyl (C=O) groups is 1. The van der Waals surface area contributed by atoms with Gasteiger partial charge in [0, 0.05) is 24.7 Å². The van der Waals surface area contributed by atoms with Crippen molar-refractivity contribution in [1.82, 2.24) is 0 Å². The number of cyclic esters (lactones) is 1. The lowest BCUT2D eigenvalue weighted by atomic mass is 10.1. The third-order valence-electron chi connectivity index (χ3n) is 4.49. The summed E-state index contributed by atoms with van der Waals surface area (Å²) in [6.07, 6.45) is 1.49. The number of hydrogen-bond acceptors (Lipinski definition) is 7. The molecule has 0 amide bonds. The minimum absolute atomic E-state index is 0.0186. The van der Waals surface area contributed by atoms with Crippen LogP contribution < -0.4 is 4.90 Å². The number of aliphatic imine (C=N–C) groups is 1. The van der Waals surface area contributed by atoms with Crippen LogP contribution in [0.3, 0.4) is 0 Å². The summed E-state index contributed by atoms with van der Waals surface area (Å²) in [7, 11) is 0. The first-order valence-electron chi connectivity index (χ1n) is 8.81. The van der Waals surface area contributed by atoms with Gasteiger partial charge in [0.15, 0.2) is 5.70 Å². The third-order valence-corrected chi connectivity index (χ3v) is 4.49. The van der Waals surface area contributed by atoms with Gasteiger partial charge in [-0.2, -0.15) is 0 Å². The summed E-state index contributed by atoms with van der Waals surface area (Å²) in [5.41, 5.74) is 1.82. The normalized spacial score (nSPS) is 18.1. The number of morpholine rings is 1. The van der Waals surface area contributed by atoms with Crippen molar-refractivity contribution >= 4 is 29.3 Å². The Morgan fingerprint density at radius 1 is 1.11 bits per heavy atom.